The number of hydrogen-bond acceptors (Lipinski definition) is 1. The van der Waals surface area contributed by atoms with E-state index in [1.54, 1.807) is 0 Å². The van der Waals surface area contributed by atoms with Crippen molar-refractivity contribution in [2.75, 3.05) is 5.73 Å². The third kappa shape index (κ3) is 4.24. The smallest absolute Gasteiger partial charge is 0.0432 e. The summed E-state index contributed by atoms with van der Waals surface area (Å²) in [5.41, 5.74) is 20.9. The van der Waals surface area contributed by atoms with Crippen LogP contribution < -0.4 is 5.73 Å². The fraction of sp³-hybridized carbons (Fsp3) is 0.407. The largest absolute Gasteiger partial charge is 0.398 e. The molecule has 0 spiro atoms. The van der Waals surface area contributed by atoms with Gasteiger partial charge in [-0.15, -0.1) is 0 Å². The highest BCUT2D eigenvalue weighted by molar-refractivity contribution is 5.92. The highest BCUT2D eigenvalue weighted by atomic mass is 14.6. The number of rotatable bonds is 7. The van der Waals surface area contributed by atoms with E-state index in [0.29, 0.717) is 0 Å². The Morgan fingerprint density at radius 2 is 1.50 bits per heavy atom. The lowest BCUT2D eigenvalue weighted by Crippen LogP contribution is -2.10. The molecule has 0 radical (unpaired) electrons. The molecule has 0 aliphatic rings. The molecule has 0 bridgehead atoms. The van der Waals surface area contributed by atoms with Gasteiger partial charge in [0.2, 0.25) is 0 Å². The zero-order valence-corrected chi connectivity index (χ0v) is 19.6. The molecule has 0 atom stereocenters. The van der Waals surface area contributed by atoms with Crippen LogP contribution in [0.3, 0.4) is 0 Å². The van der Waals surface area contributed by atoms with Crippen molar-refractivity contribution in [2.24, 2.45) is 0 Å². The van der Waals surface area contributed by atoms with Crippen molar-refractivity contribution >= 4 is 17.3 Å². The third-order valence-corrected chi connectivity index (χ3v) is 6.11. The van der Waals surface area contributed by atoms with E-state index in [-0.39, 0.29) is 0 Å². The molecule has 1 aromatic rings. The number of nitrogens with two attached hydrogens (primary N) is 1. The van der Waals surface area contributed by atoms with Gasteiger partial charge in [0, 0.05) is 11.3 Å². The molecule has 0 aliphatic heterocycles. The molecule has 0 unspecified atom stereocenters. The van der Waals surface area contributed by atoms with Crippen LogP contribution in [0, 0.1) is 6.92 Å². The van der Waals surface area contributed by atoms with E-state index in [4.69, 9.17) is 5.73 Å². The molecule has 28 heavy (non-hydrogen) atoms. The van der Waals surface area contributed by atoms with E-state index >= 15 is 0 Å². The second kappa shape index (κ2) is 9.78. The Bertz CT molecular complexity index is 882. The molecule has 0 aliphatic carbocycles. The van der Waals surface area contributed by atoms with Gasteiger partial charge in [-0.2, -0.15) is 0 Å². The summed E-state index contributed by atoms with van der Waals surface area (Å²) < 4.78 is 0. The lowest BCUT2D eigenvalue weighted by molar-refractivity contribution is 1.02. The minimum absolute atomic E-state index is 0.832. The number of allylic oxidation sites excluding steroid dienone is 7. The summed E-state index contributed by atoms with van der Waals surface area (Å²) in [6, 6.07) is 0. The first-order chi connectivity index (χ1) is 13.1. The van der Waals surface area contributed by atoms with E-state index in [1.165, 1.54) is 44.6 Å². The summed E-state index contributed by atoms with van der Waals surface area (Å²) in [6.07, 6.45) is 5.99. The number of nitrogen functional groups attached to an aromatic ring is 1. The van der Waals surface area contributed by atoms with Crippen LogP contribution in [0.25, 0.3) is 11.6 Å². The Morgan fingerprint density at radius 1 is 0.964 bits per heavy atom. The van der Waals surface area contributed by atoms with Gasteiger partial charge in [0.25, 0.3) is 0 Å². The van der Waals surface area contributed by atoms with Crippen LogP contribution in [-0.2, 0) is 12.8 Å². The van der Waals surface area contributed by atoms with Crippen LogP contribution in [0.4, 0.5) is 5.69 Å². The van der Waals surface area contributed by atoms with Crippen molar-refractivity contribution in [3.05, 3.63) is 74.9 Å². The molecule has 0 saturated carbocycles. The van der Waals surface area contributed by atoms with Gasteiger partial charge in [0.05, 0.1) is 0 Å². The molecular weight excluding hydrogens is 338 g/mol. The molecule has 152 valence electrons. The molecule has 0 fully saturated rings. The summed E-state index contributed by atoms with van der Waals surface area (Å²) in [5.74, 6) is 0. The molecule has 1 rings (SSSR count). The van der Waals surface area contributed by atoms with Gasteiger partial charge in [0.1, 0.15) is 0 Å². The predicted octanol–water partition coefficient (Wildman–Crippen LogP) is 8.00. The van der Waals surface area contributed by atoms with Crippen molar-refractivity contribution in [3.63, 3.8) is 0 Å². The van der Waals surface area contributed by atoms with Crippen molar-refractivity contribution in [3.8, 4) is 0 Å². The zero-order valence-electron chi connectivity index (χ0n) is 19.6. The van der Waals surface area contributed by atoms with Crippen molar-refractivity contribution in [1.29, 1.82) is 0 Å². The minimum atomic E-state index is 0.832. The van der Waals surface area contributed by atoms with E-state index in [2.05, 4.69) is 81.5 Å². The third-order valence-electron chi connectivity index (χ3n) is 6.11. The Kier molecular flexibility index (Phi) is 8.29. The first-order valence-electron chi connectivity index (χ1n) is 10.3. The minimum Gasteiger partial charge on any atom is -0.398 e. The highest BCUT2D eigenvalue weighted by Gasteiger charge is 2.22. The molecule has 0 amide bonds. The Balaban J connectivity index is 4.07. The maximum Gasteiger partial charge on any atom is 0.0432 e. The van der Waals surface area contributed by atoms with Gasteiger partial charge in [-0.1, -0.05) is 50.3 Å². The number of benzene rings is 1. The standard InChI is InChI=1S/C27H39N/c1-12-17(7)19(9)25(18(8)16(5)6)21(11)26-24(15-4)23(14-3)22(13-2)20(10)27(26)28/h12-13H,2,11,14-15,28H2,1,3-10H3/b17-12-,25-19-. The van der Waals surface area contributed by atoms with Crippen LogP contribution >= 0.6 is 0 Å². The maximum atomic E-state index is 6.72. The van der Waals surface area contributed by atoms with Crippen molar-refractivity contribution in [2.45, 2.75) is 75.2 Å². The summed E-state index contributed by atoms with van der Waals surface area (Å²) >= 11 is 0. The molecule has 0 aromatic heterocycles. The van der Waals surface area contributed by atoms with Gasteiger partial charge < -0.3 is 5.73 Å². The van der Waals surface area contributed by atoms with E-state index in [9.17, 15) is 0 Å². The van der Waals surface area contributed by atoms with Crippen LogP contribution in [0.5, 0.6) is 0 Å². The average molecular weight is 378 g/mol. The van der Waals surface area contributed by atoms with Crippen LogP contribution in [-0.4, -0.2) is 0 Å². The fourth-order valence-electron chi connectivity index (χ4n) is 3.97. The second-order valence-corrected chi connectivity index (χ2v) is 7.77. The molecule has 0 saturated heterocycles. The summed E-state index contributed by atoms with van der Waals surface area (Å²) in [4.78, 5) is 0. The van der Waals surface area contributed by atoms with E-state index in [0.717, 1.165) is 35.2 Å². The lowest BCUT2D eigenvalue weighted by atomic mass is 9.80. The van der Waals surface area contributed by atoms with E-state index < -0.39 is 0 Å². The number of anilines is 1. The first kappa shape index (κ1) is 23.8. The molecular formula is C27H39N. The van der Waals surface area contributed by atoms with Crippen molar-refractivity contribution < 1.29 is 0 Å². The molecule has 0 heterocycles. The fourth-order valence-corrected chi connectivity index (χ4v) is 3.97. The van der Waals surface area contributed by atoms with E-state index in [1.807, 2.05) is 6.08 Å². The van der Waals surface area contributed by atoms with Gasteiger partial charge in [-0.3, -0.25) is 0 Å². The molecule has 1 aromatic carbocycles. The monoisotopic (exact) mass is 377 g/mol. The maximum absolute atomic E-state index is 6.72. The van der Waals surface area contributed by atoms with Gasteiger partial charge in [-0.25, -0.2) is 0 Å². The SMILES string of the molecule is C=Cc1c(C)c(N)c(C(=C)/C(C(C)=C(C)C)=C(C)\C(C)=C/C)c(CC)c1CC. The Labute approximate surface area is 173 Å². The lowest BCUT2D eigenvalue weighted by Gasteiger charge is -2.26. The van der Waals surface area contributed by atoms with Crippen LogP contribution in [0.15, 0.2) is 47.1 Å². The summed E-state index contributed by atoms with van der Waals surface area (Å²) in [6.45, 7) is 28.1. The van der Waals surface area contributed by atoms with Crippen LogP contribution in [0.1, 0.15) is 83.2 Å². The van der Waals surface area contributed by atoms with Gasteiger partial charge in [0.15, 0.2) is 0 Å². The normalized spacial score (nSPS) is 12.5. The first-order valence-corrected chi connectivity index (χ1v) is 10.3. The Morgan fingerprint density at radius 3 is 1.89 bits per heavy atom. The summed E-state index contributed by atoms with van der Waals surface area (Å²) in [7, 11) is 0. The topological polar surface area (TPSA) is 26.0 Å². The highest BCUT2D eigenvalue weighted by Crippen LogP contribution is 2.41. The zero-order chi connectivity index (χ0) is 21.8. The molecule has 1 nitrogen and oxygen atoms in total. The predicted molar refractivity (Wildman–Crippen MR) is 130 cm³/mol. The quantitative estimate of drug-likeness (QED) is 0.378. The second-order valence-electron chi connectivity index (χ2n) is 7.77. The molecule has 2 N–H and O–H groups in total. The van der Waals surface area contributed by atoms with Gasteiger partial charge >= 0.3 is 0 Å². The van der Waals surface area contributed by atoms with Crippen LogP contribution in [0.2, 0.25) is 0 Å². The molecule has 1 heteroatoms. The average Bonchev–Trinajstić information content (AvgIpc) is 2.67. The van der Waals surface area contributed by atoms with Gasteiger partial charge in [-0.05, 0) is 106 Å². The Hall–Kier alpha value is -2.28. The number of hydrogen-bond donors (Lipinski definition) is 1. The summed E-state index contributed by atoms with van der Waals surface area (Å²) in [5, 5.41) is 0. The van der Waals surface area contributed by atoms with Crippen molar-refractivity contribution in [1.82, 2.24) is 0 Å².